The van der Waals surface area contributed by atoms with Crippen molar-refractivity contribution >= 4 is 13.5 Å². The molecule has 0 radical (unpaired) electrons. The summed E-state index contributed by atoms with van der Waals surface area (Å²) < 4.78 is 14.6. The number of nitrogens with zero attached hydrogens (tertiary/aromatic N) is 1. The van der Waals surface area contributed by atoms with Crippen molar-refractivity contribution in [2.24, 2.45) is 10.7 Å². The molecule has 0 saturated carbocycles. The van der Waals surface area contributed by atoms with Crippen LogP contribution >= 0.6 is 7.75 Å². The third kappa shape index (κ3) is 4.79. The zero-order valence-corrected chi connectivity index (χ0v) is 13.6. The maximum Gasteiger partial charge on any atom is 0.448 e. The largest absolute Gasteiger partial charge is 0.512 e. The van der Waals surface area contributed by atoms with Crippen molar-refractivity contribution in [2.75, 3.05) is 0 Å². The van der Waals surface area contributed by atoms with Crippen molar-refractivity contribution in [3.63, 3.8) is 0 Å². The first-order chi connectivity index (χ1) is 10.8. The van der Waals surface area contributed by atoms with Crippen LogP contribution in [-0.4, -0.2) is 25.7 Å². The molecular formula is C16H20NO5P. The van der Waals surface area contributed by atoms with Crippen LogP contribution in [0.15, 0.2) is 53.0 Å². The Morgan fingerprint density at radius 2 is 1.87 bits per heavy atom. The Hall–Kier alpha value is -1.88. The van der Waals surface area contributed by atoms with Crippen LogP contribution in [-0.2, 0) is 4.57 Å². The Bertz CT molecular complexity index is 687. The molecule has 1 aromatic carbocycles. The highest BCUT2D eigenvalue weighted by Crippen LogP contribution is 2.40. The van der Waals surface area contributed by atoms with Crippen LogP contribution in [0, 0.1) is 5.92 Å². The SMILES string of the molecule is CCC(CC1C(O)=CC=CC1=NP(=O)(O)O)c1ccc(O)cc1. The molecule has 1 aliphatic rings. The zero-order chi connectivity index (χ0) is 17.0. The third-order valence-electron chi connectivity index (χ3n) is 3.87. The first-order valence-electron chi connectivity index (χ1n) is 7.32. The van der Waals surface area contributed by atoms with E-state index in [0.29, 0.717) is 6.42 Å². The zero-order valence-electron chi connectivity index (χ0n) is 12.7. The molecular weight excluding hydrogens is 317 g/mol. The fourth-order valence-electron chi connectivity index (χ4n) is 2.69. The van der Waals surface area contributed by atoms with Crippen LogP contribution in [0.25, 0.3) is 0 Å². The number of allylic oxidation sites excluding steroid dienone is 4. The number of phenols is 1. The summed E-state index contributed by atoms with van der Waals surface area (Å²) in [7, 11) is -4.56. The molecule has 0 aliphatic heterocycles. The molecule has 4 N–H and O–H groups in total. The van der Waals surface area contributed by atoms with Gasteiger partial charge in [-0.2, -0.15) is 4.76 Å². The summed E-state index contributed by atoms with van der Waals surface area (Å²) >= 11 is 0. The molecule has 124 valence electrons. The fraction of sp³-hybridized carbons (Fsp3) is 0.312. The Morgan fingerprint density at radius 1 is 1.22 bits per heavy atom. The van der Waals surface area contributed by atoms with Gasteiger partial charge in [0.1, 0.15) is 11.5 Å². The topological polar surface area (TPSA) is 110 Å². The van der Waals surface area contributed by atoms with E-state index < -0.39 is 13.7 Å². The molecule has 0 fully saturated rings. The van der Waals surface area contributed by atoms with E-state index in [9.17, 15) is 14.8 Å². The minimum Gasteiger partial charge on any atom is -0.512 e. The van der Waals surface area contributed by atoms with Crippen LogP contribution in [0.1, 0.15) is 31.2 Å². The predicted molar refractivity (Wildman–Crippen MR) is 88.6 cm³/mol. The molecule has 0 aromatic heterocycles. The average molecular weight is 337 g/mol. The van der Waals surface area contributed by atoms with Crippen molar-refractivity contribution in [1.29, 1.82) is 0 Å². The molecule has 7 heteroatoms. The monoisotopic (exact) mass is 337 g/mol. The Kier molecular flexibility index (Phi) is 5.42. The van der Waals surface area contributed by atoms with Crippen molar-refractivity contribution in [1.82, 2.24) is 0 Å². The lowest BCUT2D eigenvalue weighted by Crippen LogP contribution is -2.20. The number of hydrogen-bond donors (Lipinski definition) is 4. The summed E-state index contributed by atoms with van der Waals surface area (Å²) in [6.45, 7) is 2.00. The van der Waals surface area contributed by atoms with Crippen molar-refractivity contribution in [3.05, 3.63) is 53.8 Å². The summed E-state index contributed by atoms with van der Waals surface area (Å²) in [5.41, 5.74) is 1.17. The minimum absolute atomic E-state index is 0.0388. The number of aromatic hydroxyl groups is 1. The van der Waals surface area contributed by atoms with Gasteiger partial charge in [0.25, 0.3) is 0 Å². The van der Waals surface area contributed by atoms with E-state index in [1.807, 2.05) is 19.1 Å². The molecule has 23 heavy (non-hydrogen) atoms. The van der Waals surface area contributed by atoms with Crippen LogP contribution in [0.4, 0.5) is 0 Å². The lowest BCUT2D eigenvalue weighted by Gasteiger charge is -2.24. The second kappa shape index (κ2) is 7.13. The van der Waals surface area contributed by atoms with Gasteiger partial charge >= 0.3 is 7.75 Å². The van der Waals surface area contributed by atoms with Gasteiger partial charge in [-0.15, -0.1) is 0 Å². The second-order valence-electron chi connectivity index (χ2n) is 5.47. The van der Waals surface area contributed by atoms with E-state index >= 15 is 0 Å². The van der Waals surface area contributed by atoms with E-state index in [2.05, 4.69) is 4.76 Å². The summed E-state index contributed by atoms with van der Waals surface area (Å²) in [4.78, 5) is 18.1. The molecule has 2 rings (SSSR count). The van der Waals surface area contributed by atoms with Gasteiger partial charge < -0.3 is 20.0 Å². The molecule has 1 aromatic rings. The minimum atomic E-state index is -4.56. The van der Waals surface area contributed by atoms with E-state index in [4.69, 9.17) is 9.79 Å². The molecule has 0 bridgehead atoms. The maximum absolute atomic E-state index is 11.2. The van der Waals surface area contributed by atoms with E-state index in [-0.39, 0.29) is 23.1 Å². The summed E-state index contributed by atoms with van der Waals surface area (Å²) in [6, 6.07) is 6.81. The normalized spacial score (nSPS) is 21.3. The van der Waals surface area contributed by atoms with E-state index in [0.717, 1.165) is 12.0 Å². The van der Waals surface area contributed by atoms with Crippen LogP contribution in [0.3, 0.4) is 0 Å². The van der Waals surface area contributed by atoms with Gasteiger partial charge in [0, 0.05) is 0 Å². The van der Waals surface area contributed by atoms with Gasteiger partial charge in [-0.1, -0.05) is 25.1 Å². The quantitative estimate of drug-likeness (QED) is 0.615. The molecule has 2 unspecified atom stereocenters. The number of aliphatic hydroxyl groups is 1. The fourth-order valence-corrected chi connectivity index (χ4v) is 3.20. The summed E-state index contributed by atoms with van der Waals surface area (Å²) in [5.74, 6) is -0.288. The average Bonchev–Trinajstić information content (AvgIpc) is 2.47. The van der Waals surface area contributed by atoms with Gasteiger partial charge in [-0.3, -0.25) is 0 Å². The number of aliphatic hydroxyl groups excluding tert-OH is 1. The molecule has 0 saturated heterocycles. The van der Waals surface area contributed by atoms with Crippen molar-refractivity contribution in [3.8, 4) is 5.75 Å². The molecule has 6 nitrogen and oxygen atoms in total. The third-order valence-corrected chi connectivity index (χ3v) is 4.36. The van der Waals surface area contributed by atoms with Crippen LogP contribution < -0.4 is 0 Å². The molecule has 2 atom stereocenters. The van der Waals surface area contributed by atoms with E-state index in [1.54, 1.807) is 12.1 Å². The van der Waals surface area contributed by atoms with Gasteiger partial charge in [0.2, 0.25) is 0 Å². The second-order valence-corrected chi connectivity index (χ2v) is 6.70. The first-order valence-corrected chi connectivity index (χ1v) is 8.88. The molecule has 0 amide bonds. The summed E-state index contributed by atoms with van der Waals surface area (Å²) in [5, 5.41) is 19.5. The van der Waals surface area contributed by atoms with Crippen molar-refractivity contribution < 1.29 is 24.6 Å². The predicted octanol–water partition coefficient (Wildman–Crippen LogP) is 3.44. The smallest absolute Gasteiger partial charge is 0.448 e. The van der Waals surface area contributed by atoms with Gasteiger partial charge in [-0.25, -0.2) is 4.57 Å². The van der Waals surface area contributed by atoms with Crippen LogP contribution in [0.5, 0.6) is 5.75 Å². The number of rotatable bonds is 5. The number of phenolic OH excluding ortho intramolecular Hbond substituents is 1. The van der Waals surface area contributed by atoms with Crippen molar-refractivity contribution in [2.45, 2.75) is 25.7 Å². The number of hydrogen-bond acceptors (Lipinski definition) is 3. The Labute approximate surface area is 134 Å². The van der Waals surface area contributed by atoms with Gasteiger partial charge in [0.05, 0.1) is 11.6 Å². The highest BCUT2D eigenvalue weighted by Gasteiger charge is 2.27. The molecule has 0 heterocycles. The first kappa shape index (κ1) is 17.5. The highest BCUT2D eigenvalue weighted by molar-refractivity contribution is 7.50. The highest BCUT2D eigenvalue weighted by atomic mass is 31.2. The van der Waals surface area contributed by atoms with Gasteiger partial charge in [-0.05, 0) is 48.6 Å². The molecule has 0 spiro atoms. The number of benzene rings is 1. The lowest BCUT2D eigenvalue weighted by atomic mass is 9.82. The van der Waals surface area contributed by atoms with Crippen LogP contribution in [0.2, 0.25) is 0 Å². The van der Waals surface area contributed by atoms with Gasteiger partial charge in [0.15, 0.2) is 0 Å². The summed E-state index contributed by atoms with van der Waals surface area (Å²) in [6.07, 6.45) is 5.77. The Balaban J connectivity index is 2.28. The van der Waals surface area contributed by atoms with E-state index in [1.165, 1.54) is 18.2 Å². The lowest BCUT2D eigenvalue weighted by molar-refractivity contribution is 0.344. The molecule has 1 aliphatic carbocycles. The Morgan fingerprint density at radius 3 is 2.43 bits per heavy atom. The standard InChI is InChI=1S/C16H20NO5P/c1-2-11(12-6-8-13(18)9-7-12)10-14-15(17-23(20,21)22)4-3-5-16(14)19/h3-9,11,14,18-19H,2,10H2,1H3,(H2,20,21,22). The maximum atomic E-state index is 11.2.